The van der Waals surface area contributed by atoms with Gasteiger partial charge in [-0.1, -0.05) is 24.2 Å². The first-order valence-electron chi connectivity index (χ1n) is 11.1. The number of hydrogen-bond acceptors (Lipinski definition) is 6. The molecular formula is C25H30N4O3. The number of ether oxygens (including phenoxy) is 1. The number of pyridine rings is 1. The van der Waals surface area contributed by atoms with E-state index in [1.807, 2.05) is 44.3 Å². The molecule has 2 aromatic heterocycles. The van der Waals surface area contributed by atoms with Gasteiger partial charge in [0, 0.05) is 31.4 Å². The van der Waals surface area contributed by atoms with Gasteiger partial charge in [0.1, 0.15) is 23.9 Å². The number of nitrogens with zero attached hydrogens (tertiary/aromatic N) is 3. The molecule has 32 heavy (non-hydrogen) atoms. The molecule has 1 aliphatic heterocycles. The topological polar surface area (TPSA) is 80.5 Å². The predicted octanol–water partition coefficient (Wildman–Crippen LogP) is 4.43. The maximum absolute atomic E-state index is 12.6. The lowest BCUT2D eigenvalue weighted by molar-refractivity contribution is 0.0950. The van der Waals surface area contributed by atoms with Gasteiger partial charge >= 0.3 is 0 Å². The highest BCUT2D eigenvalue weighted by Crippen LogP contribution is 2.22. The molecule has 0 radical (unpaired) electrons. The fourth-order valence-corrected chi connectivity index (χ4v) is 3.82. The Kier molecular flexibility index (Phi) is 6.73. The number of aromatic nitrogens is 2. The summed E-state index contributed by atoms with van der Waals surface area (Å²) < 4.78 is 11.0. The average Bonchev–Trinajstić information content (AvgIpc) is 3.14. The van der Waals surface area contributed by atoms with Crippen LogP contribution in [0.4, 0.5) is 5.82 Å². The Morgan fingerprint density at radius 1 is 1.22 bits per heavy atom. The van der Waals surface area contributed by atoms with E-state index in [1.54, 1.807) is 12.1 Å². The van der Waals surface area contributed by atoms with Crippen LogP contribution in [-0.2, 0) is 13.2 Å². The van der Waals surface area contributed by atoms with Crippen molar-refractivity contribution in [3.8, 4) is 5.75 Å². The van der Waals surface area contributed by atoms with Gasteiger partial charge in [0.15, 0.2) is 0 Å². The second-order valence-corrected chi connectivity index (χ2v) is 8.50. The summed E-state index contributed by atoms with van der Waals surface area (Å²) in [6.07, 6.45) is 4.26. The number of benzene rings is 1. The summed E-state index contributed by atoms with van der Waals surface area (Å²) in [5.74, 6) is 3.02. The summed E-state index contributed by atoms with van der Waals surface area (Å²) in [4.78, 5) is 19.6. The number of carbonyl (C=O) groups excluding carboxylic acids is 1. The normalized spacial score (nSPS) is 14.4. The van der Waals surface area contributed by atoms with Crippen LogP contribution in [0.1, 0.15) is 52.7 Å². The van der Waals surface area contributed by atoms with Crippen LogP contribution in [0.2, 0.25) is 0 Å². The molecule has 0 saturated carbocycles. The van der Waals surface area contributed by atoms with Gasteiger partial charge in [-0.15, -0.1) is 0 Å². The Morgan fingerprint density at radius 2 is 2.03 bits per heavy atom. The molecule has 1 aromatic carbocycles. The van der Waals surface area contributed by atoms with Crippen LogP contribution in [0.5, 0.6) is 5.75 Å². The first-order valence-corrected chi connectivity index (χ1v) is 11.1. The van der Waals surface area contributed by atoms with Gasteiger partial charge in [-0.2, -0.15) is 0 Å². The molecule has 0 bridgehead atoms. The first kappa shape index (κ1) is 21.9. The van der Waals surface area contributed by atoms with Crippen molar-refractivity contribution >= 4 is 11.7 Å². The van der Waals surface area contributed by atoms with E-state index in [1.165, 1.54) is 12.8 Å². The standard InChI is InChI=1S/C25H30N4O3/c1-17-9-11-29(12-10-17)24-8-7-20(14-26-24)15-27-25(30)21-5-4-6-22(13-21)31-16-23-18(2)28-32-19(23)3/h4-8,13-14,17H,9-12,15-16H2,1-3H3,(H,27,30). The van der Waals surface area contributed by atoms with Gasteiger partial charge < -0.3 is 19.5 Å². The highest BCUT2D eigenvalue weighted by Gasteiger charge is 2.17. The molecule has 7 nitrogen and oxygen atoms in total. The number of rotatable bonds is 7. The third-order valence-corrected chi connectivity index (χ3v) is 6.03. The van der Waals surface area contributed by atoms with Gasteiger partial charge in [-0.25, -0.2) is 4.98 Å². The molecule has 1 N–H and O–H groups in total. The zero-order valence-corrected chi connectivity index (χ0v) is 18.9. The summed E-state index contributed by atoms with van der Waals surface area (Å²) in [7, 11) is 0. The lowest BCUT2D eigenvalue weighted by Gasteiger charge is -2.31. The van der Waals surface area contributed by atoms with E-state index < -0.39 is 0 Å². The zero-order valence-electron chi connectivity index (χ0n) is 18.9. The molecule has 168 valence electrons. The Balaban J connectivity index is 1.30. The van der Waals surface area contributed by atoms with Gasteiger partial charge in [-0.3, -0.25) is 4.79 Å². The largest absolute Gasteiger partial charge is 0.489 e. The SMILES string of the molecule is Cc1noc(C)c1COc1cccc(C(=O)NCc2ccc(N3CCC(C)CC3)nc2)c1. The van der Waals surface area contributed by atoms with Crippen LogP contribution in [0.25, 0.3) is 0 Å². The molecule has 4 rings (SSSR count). The Hall–Kier alpha value is -3.35. The van der Waals surface area contributed by atoms with Gasteiger partial charge in [0.05, 0.1) is 11.3 Å². The highest BCUT2D eigenvalue weighted by molar-refractivity contribution is 5.94. The minimum atomic E-state index is -0.151. The van der Waals surface area contributed by atoms with Crippen molar-refractivity contribution in [3.63, 3.8) is 0 Å². The van der Waals surface area contributed by atoms with Crippen molar-refractivity contribution in [2.75, 3.05) is 18.0 Å². The van der Waals surface area contributed by atoms with E-state index in [0.29, 0.717) is 24.5 Å². The lowest BCUT2D eigenvalue weighted by atomic mass is 9.99. The number of aryl methyl sites for hydroxylation is 2. The maximum atomic E-state index is 12.6. The van der Waals surface area contributed by atoms with Gasteiger partial charge in [0.25, 0.3) is 5.91 Å². The summed E-state index contributed by atoms with van der Waals surface area (Å²) in [6, 6.07) is 11.2. The van der Waals surface area contributed by atoms with Crippen molar-refractivity contribution in [2.24, 2.45) is 5.92 Å². The Labute approximate surface area is 188 Å². The molecule has 0 unspecified atom stereocenters. The number of hydrogen-bond donors (Lipinski definition) is 1. The summed E-state index contributed by atoms with van der Waals surface area (Å²) in [5, 5.41) is 6.90. The Morgan fingerprint density at radius 3 is 2.72 bits per heavy atom. The molecule has 0 spiro atoms. The average molecular weight is 435 g/mol. The summed E-state index contributed by atoms with van der Waals surface area (Å²) >= 11 is 0. The van der Waals surface area contributed by atoms with Crippen LogP contribution in [0.15, 0.2) is 47.1 Å². The van der Waals surface area contributed by atoms with Crippen molar-refractivity contribution in [1.82, 2.24) is 15.5 Å². The molecule has 1 saturated heterocycles. The molecule has 1 aliphatic rings. The van der Waals surface area contributed by atoms with E-state index in [-0.39, 0.29) is 5.91 Å². The van der Waals surface area contributed by atoms with Gasteiger partial charge in [-0.05, 0) is 62.4 Å². The van der Waals surface area contributed by atoms with E-state index in [2.05, 4.69) is 27.3 Å². The molecule has 1 amide bonds. The number of carbonyl (C=O) groups is 1. The van der Waals surface area contributed by atoms with Crippen LogP contribution < -0.4 is 15.0 Å². The second kappa shape index (κ2) is 9.85. The summed E-state index contributed by atoms with van der Waals surface area (Å²) in [5.41, 5.74) is 3.26. The third kappa shape index (κ3) is 5.28. The third-order valence-electron chi connectivity index (χ3n) is 6.03. The molecular weight excluding hydrogens is 404 g/mol. The first-order chi connectivity index (χ1) is 15.5. The van der Waals surface area contributed by atoms with Crippen molar-refractivity contribution in [3.05, 3.63) is 70.7 Å². The molecule has 7 heteroatoms. The molecule has 0 atom stereocenters. The Bertz CT molecular complexity index is 1030. The minimum Gasteiger partial charge on any atom is -0.489 e. The van der Waals surface area contributed by atoms with Gasteiger partial charge in [0.2, 0.25) is 0 Å². The molecule has 1 fully saturated rings. The van der Waals surface area contributed by atoms with Crippen LogP contribution in [0, 0.1) is 19.8 Å². The maximum Gasteiger partial charge on any atom is 0.251 e. The van der Waals surface area contributed by atoms with Crippen molar-refractivity contribution in [2.45, 2.75) is 46.8 Å². The quantitative estimate of drug-likeness (QED) is 0.592. The number of nitrogens with one attached hydrogen (secondary N) is 1. The zero-order chi connectivity index (χ0) is 22.5. The number of piperidine rings is 1. The minimum absolute atomic E-state index is 0.151. The molecule has 3 heterocycles. The van der Waals surface area contributed by atoms with E-state index in [0.717, 1.165) is 47.4 Å². The fraction of sp³-hybridized carbons (Fsp3) is 0.400. The number of amides is 1. The van der Waals surface area contributed by atoms with Crippen molar-refractivity contribution < 1.29 is 14.1 Å². The fourth-order valence-electron chi connectivity index (χ4n) is 3.82. The lowest BCUT2D eigenvalue weighted by Crippen LogP contribution is -2.33. The highest BCUT2D eigenvalue weighted by atomic mass is 16.5. The monoisotopic (exact) mass is 434 g/mol. The molecule has 3 aromatic rings. The summed E-state index contributed by atoms with van der Waals surface area (Å²) in [6.45, 7) is 8.92. The predicted molar refractivity (Wildman–Crippen MR) is 123 cm³/mol. The van der Waals surface area contributed by atoms with E-state index in [4.69, 9.17) is 9.26 Å². The molecule has 0 aliphatic carbocycles. The van der Waals surface area contributed by atoms with E-state index in [9.17, 15) is 4.79 Å². The number of anilines is 1. The second-order valence-electron chi connectivity index (χ2n) is 8.50. The smallest absolute Gasteiger partial charge is 0.251 e. The van der Waals surface area contributed by atoms with Crippen molar-refractivity contribution in [1.29, 1.82) is 0 Å². The van der Waals surface area contributed by atoms with Crippen LogP contribution >= 0.6 is 0 Å². The van der Waals surface area contributed by atoms with Crippen LogP contribution in [0.3, 0.4) is 0 Å². The van der Waals surface area contributed by atoms with Crippen LogP contribution in [-0.4, -0.2) is 29.1 Å². The van der Waals surface area contributed by atoms with E-state index >= 15 is 0 Å².